The third-order valence-electron chi connectivity index (χ3n) is 4.30. The third kappa shape index (κ3) is 3.67. The minimum Gasteiger partial charge on any atom is -0.395 e. The fraction of sp³-hybridized carbons (Fsp3) is 1.00. The van der Waals surface area contributed by atoms with Crippen LogP contribution in [0.25, 0.3) is 0 Å². The molecule has 106 valence electrons. The van der Waals surface area contributed by atoms with Gasteiger partial charge in [-0.1, -0.05) is 6.42 Å². The molecule has 0 saturated carbocycles. The standard InChI is InChI=1S/C14H28N2O2/c1-12(2)15-7-8-18-14(9-15)10-16-6-4-3-5-13(16)11-17/h12-14,17H,3-11H2,1-2H3. The summed E-state index contributed by atoms with van der Waals surface area (Å²) < 4.78 is 5.89. The van der Waals surface area contributed by atoms with Gasteiger partial charge in [-0.05, 0) is 33.2 Å². The number of rotatable bonds is 4. The molecule has 2 unspecified atom stereocenters. The van der Waals surface area contributed by atoms with Gasteiger partial charge in [0.15, 0.2) is 0 Å². The van der Waals surface area contributed by atoms with Gasteiger partial charge in [-0.25, -0.2) is 0 Å². The van der Waals surface area contributed by atoms with Crippen LogP contribution in [-0.4, -0.2) is 72.5 Å². The number of ether oxygens (including phenoxy) is 1. The number of hydrogen-bond donors (Lipinski definition) is 1. The van der Waals surface area contributed by atoms with E-state index in [1.165, 1.54) is 12.8 Å². The number of aliphatic hydroxyl groups is 1. The molecule has 18 heavy (non-hydrogen) atoms. The van der Waals surface area contributed by atoms with Crippen LogP contribution in [0.4, 0.5) is 0 Å². The zero-order chi connectivity index (χ0) is 13.0. The minimum atomic E-state index is 0.292. The van der Waals surface area contributed by atoms with Crippen molar-refractivity contribution >= 4 is 0 Å². The molecule has 4 heteroatoms. The van der Waals surface area contributed by atoms with Crippen LogP contribution < -0.4 is 0 Å². The maximum atomic E-state index is 9.44. The smallest absolute Gasteiger partial charge is 0.0829 e. The summed E-state index contributed by atoms with van der Waals surface area (Å²) in [5.74, 6) is 0. The Bertz CT molecular complexity index is 248. The fourth-order valence-electron chi connectivity index (χ4n) is 3.09. The summed E-state index contributed by atoms with van der Waals surface area (Å²) >= 11 is 0. The van der Waals surface area contributed by atoms with Crippen molar-refractivity contribution in [3.8, 4) is 0 Å². The Hall–Kier alpha value is -0.160. The van der Waals surface area contributed by atoms with Crippen LogP contribution in [0.5, 0.6) is 0 Å². The van der Waals surface area contributed by atoms with E-state index in [1.54, 1.807) is 0 Å². The highest BCUT2D eigenvalue weighted by atomic mass is 16.5. The highest BCUT2D eigenvalue weighted by molar-refractivity contribution is 4.82. The van der Waals surface area contributed by atoms with E-state index in [0.717, 1.165) is 39.2 Å². The maximum absolute atomic E-state index is 9.44. The first kappa shape index (κ1) is 14.3. The second-order valence-corrected chi connectivity index (χ2v) is 5.91. The molecule has 2 rings (SSSR count). The number of nitrogens with zero attached hydrogens (tertiary/aromatic N) is 2. The molecule has 0 aromatic rings. The first-order chi connectivity index (χ1) is 8.70. The number of piperidine rings is 1. The van der Waals surface area contributed by atoms with Gasteiger partial charge in [0.1, 0.15) is 0 Å². The highest BCUT2D eigenvalue weighted by Crippen LogP contribution is 2.19. The molecule has 0 aromatic carbocycles. The molecule has 0 aromatic heterocycles. The fourth-order valence-corrected chi connectivity index (χ4v) is 3.09. The molecule has 1 N–H and O–H groups in total. The molecule has 2 atom stereocenters. The number of likely N-dealkylation sites (tertiary alicyclic amines) is 1. The molecule has 0 aliphatic carbocycles. The first-order valence-corrected chi connectivity index (χ1v) is 7.41. The van der Waals surface area contributed by atoms with Crippen molar-refractivity contribution < 1.29 is 9.84 Å². The largest absolute Gasteiger partial charge is 0.395 e. The molecule has 2 saturated heterocycles. The summed E-state index contributed by atoms with van der Waals surface area (Å²) in [5, 5.41) is 9.44. The number of hydrogen-bond acceptors (Lipinski definition) is 4. The molecule has 0 spiro atoms. The zero-order valence-corrected chi connectivity index (χ0v) is 11.8. The Morgan fingerprint density at radius 2 is 2.11 bits per heavy atom. The highest BCUT2D eigenvalue weighted by Gasteiger charge is 2.28. The van der Waals surface area contributed by atoms with Gasteiger partial charge in [-0.15, -0.1) is 0 Å². The lowest BCUT2D eigenvalue weighted by molar-refractivity contribution is -0.0631. The Morgan fingerprint density at radius 3 is 2.83 bits per heavy atom. The third-order valence-corrected chi connectivity index (χ3v) is 4.30. The predicted molar refractivity (Wildman–Crippen MR) is 72.7 cm³/mol. The van der Waals surface area contributed by atoms with E-state index in [4.69, 9.17) is 4.74 Å². The number of aliphatic hydroxyl groups excluding tert-OH is 1. The second-order valence-electron chi connectivity index (χ2n) is 5.91. The van der Waals surface area contributed by atoms with Crippen LogP contribution in [-0.2, 0) is 4.74 Å². The minimum absolute atomic E-state index is 0.292. The SMILES string of the molecule is CC(C)N1CCOC(CN2CCCCC2CO)C1. The lowest BCUT2D eigenvalue weighted by Crippen LogP contribution is -2.52. The van der Waals surface area contributed by atoms with E-state index < -0.39 is 0 Å². The molecule has 2 heterocycles. The van der Waals surface area contributed by atoms with Crippen LogP contribution in [0.15, 0.2) is 0 Å². The van der Waals surface area contributed by atoms with Gasteiger partial charge in [0.05, 0.1) is 19.3 Å². The summed E-state index contributed by atoms with van der Waals surface area (Å²) in [7, 11) is 0. The van der Waals surface area contributed by atoms with Gasteiger partial charge >= 0.3 is 0 Å². The van der Waals surface area contributed by atoms with Crippen LogP contribution >= 0.6 is 0 Å². The zero-order valence-electron chi connectivity index (χ0n) is 11.8. The summed E-state index contributed by atoms with van der Waals surface area (Å²) in [5.41, 5.74) is 0. The van der Waals surface area contributed by atoms with Crippen molar-refractivity contribution in [2.24, 2.45) is 0 Å². The van der Waals surface area contributed by atoms with E-state index in [9.17, 15) is 5.11 Å². The topological polar surface area (TPSA) is 35.9 Å². The predicted octanol–water partition coefficient (Wildman–Crippen LogP) is 0.942. The van der Waals surface area contributed by atoms with Crippen LogP contribution in [0.2, 0.25) is 0 Å². The van der Waals surface area contributed by atoms with Crippen LogP contribution in [0.1, 0.15) is 33.1 Å². The molecule has 4 nitrogen and oxygen atoms in total. The van der Waals surface area contributed by atoms with E-state index in [-0.39, 0.29) is 0 Å². The van der Waals surface area contributed by atoms with E-state index in [2.05, 4.69) is 23.6 Å². The van der Waals surface area contributed by atoms with Gasteiger partial charge in [0.25, 0.3) is 0 Å². The Morgan fingerprint density at radius 1 is 1.28 bits per heavy atom. The monoisotopic (exact) mass is 256 g/mol. The van der Waals surface area contributed by atoms with Crippen molar-refractivity contribution in [3.63, 3.8) is 0 Å². The molecule has 2 fully saturated rings. The maximum Gasteiger partial charge on any atom is 0.0829 e. The summed E-state index contributed by atoms with van der Waals surface area (Å²) in [6, 6.07) is 0.961. The molecule has 2 aliphatic rings. The summed E-state index contributed by atoms with van der Waals surface area (Å²) in [6.07, 6.45) is 3.97. The van der Waals surface area contributed by atoms with E-state index in [1.807, 2.05) is 0 Å². The molecule has 0 radical (unpaired) electrons. The van der Waals surface area contributed by atoms with Gasteiger partial charge in [-0.2, -0.15) is 0 Å². The summed E-state index contributed by atoms with van der Waals surface area (Å²) in [4.78, 5) is 4.92. The van der Waals surface area contributed by atoms with Crippen molar-refractivity contribution in [2.75, 3.05) is 39.4 Å². The van der Waals surface area contributed by atoms with Crippen molar-refractivity contribution in [3.05, 3.63) is 0 Å². The Balaban J connectivity index is 1.84. The molecular formula is C14H28N2O2. The van der Waals surface area contributed by atoms with E-state index in [0.29, 0.717) is 24.8 Å². The molecule has 2 aliphatic heterocycles. The molecule has 0 bridgehead atoms. The normalized spacial score (nSPS) is 32.0. The lowest BCUT2D eigenvalue weighted by Gasteiger charge is -2.41. The molecule has 0 amide bonds. The van der Waals surface area contributed by atoms with Gasteiger partial charge in [-0.3, -0.25) is 9.80 Å². The van der Waals surface area contributed by atoms with Crippen LogP contribution in [0, 0.1) is 0 Å². The average molecular weight is 256 g/mol. The molecular weight excluding hydrogens is 228 g/mol. The first-order valence-electron chi connectivity index (χ1n) is 7.41. The van der Waals surface area contributed by atoms with Gasteiger partial charge in [0, 0.05) is 31.7 Å². The average Bonchev–Trinajstić information content (AvgIpc) is 2.39. The van der Waals surface area contributed by atoms with E-state index >= 15 is 0 Å². The Kier molecular flexibility index (Phi) is 5.42. The summed E-state index contributed by atoms with van der Waals surface area (Å²) in [6.45, 7) is 9.83. The van der Waals surface area contributed by atoms with Gasteiger partial charge < -0.3 is 9.84 Å². The van der Waals surface area contributed by atoms with Crippen molar-refractivity contribution in [1.82, 2.24) is 9.80 Å². The number of morpholine rings is 1. The lowest BCUT2D eigenvalue weighted by atomic mass is 10.0. The Labute approximate surface area is 111 Å². The second kappa shape index (κ2) is 6.85. The van der Waals surface area contributed by atoms with Crippen LogP contribution in [0.3, 0.4) is 0 Å². The van der Waals surface area contributed by atoms with Gasteiger partial charge in [0.2, 0.25) is 0 Å². The quantitative estimate of drug-likeness (QED) is 0.812. The van der Waals surface area contributed by atoms with Crippen molar-refractivity contribution in [2.45, 2.75) is 51.3 Å². The van der Waals surface area contributed by atoms with Crippen molar-refractivity contribution in [1.29, 1.82) is 0 Å².